The number of ether oxygens (including phenoxy) is 1. The lowest BCUT2D eigenvalue weighted by molar-refractivity contribution is 0.134. The van der Waals surface area contributed by atoms with Gasteiger partial charge in [-0.15, -0.1) is 0 Å². The van der Waals surface area contributed by atoms with Crippen LogP contribution in [0.4, 0.5) is 5.82 Å². The fourth-order valence-electron chi connectivity index (χ4n) is 1.52. The normalized spacial score (nSPS) is 14.6. The van der Waals surface area contributed by atoms with E-state index in [0.717, 1.165) is 30.5 Å². The van der Waals surface area contributed by atoms with Gasteiger partial charge in [-0.3, -0.25) is 0 Å². The number of nitrogens with zero attached hydrogens (tertiary/aromatic N) is 1. The molecule has 2 rings (SSSR count). The van der Waals surface area contributed by atoms with Crippen LogP contribution in [0.15, 0.2) is 18.3 Å². The van der Waals surface area contributed by atoms with Crippen molar-refractivity contribution in [1.29, 1.82) is 0 Å². The lowest BCUT2D eigenvalue weighted by Gasteiger charge is -2.09. The highest BCUT2D eigenvalue weighted by molar-refractivity contribution is 7.80. The molecule has 1 aliphatic carbocycles. The minimum atomic E-state index is 0.361. The van der Waals surface area contributed by atoms with Crippen molar-refractivity contribution in [3.05, 3.63) is 23.9 Å². The molecule has 1 aliphatic rings. The minimum Gasteiger partial charge on any atom is -0.389 e. The summed E-state index contributed by atoms with van der Waals surface area (Å²) in [5.74, 6) is 1.53. The first kappa shape index (κ1) is 12.3. The van der Waals surface area contributed by atoms with Crippen LogP contribution in [0.25, 0.3) is 0 Å². The van der Waals surface area contributed by atoms with Crippen molar-refractivity contribution in [3.8, 4) is 0 Å². The number of rotatable bonds is 7. The maximum Gasteiger partial charge on any atom is 0.136 e. The van der Waals surface area contributed by atoms with Gasteiger partial charge in [-0.05, 0) is 30.9 Å². The van der Waals surface area contributed by atoms with Gasteiger partial charge in [0.2, 0.25) is 0 Å². The van der Waals surface area contributed by atoms with Crippen LogP contribution in [-0.4, -0.2) is 29.7 Å². The van der Waals surface area contributed by atoms with E-state index in [0.29, 0.717) is 11.6 Å². The fraction of sp³-hybridized carbons (Fsp3) is 0.500. The molecule has 1 aromatic rings. The van der Waals surface area contributed by atoms with Gasteiger partial charge in [-0.1, -0.05) is 12.2 Å². The molecule has 5 heteroatoms. The number of aromatic nitrogens is 1. The first-order valence-corrected chi connectivity index (χ1v) is 6.24. The van der Waals surface area contributed by atoms with Crippen LogP contribution in [-0.2, 0) is 4.74 Å². The summed E-state index contributed by atoms with van der Waals surface area (Å²) in [6.45, 7) is 2.29. The summed E-state index contributed by atoms with van der Waals surface area (Å²) < 4.78 is 5.53. The zero-order valence-corrected chi connectivity index (χ0v) is 10.5. The molecule has 0 saturated heterocycles. The van der Waals surface area contributed by atoms with E-state index in [1.807, 2.05) is 12.1 Å². The van der Waals surface area contributed by atoms with Crippen molar-refractivity contribution in [2.45, 2.75) is 12.8 Å². The predicted molar refractivity (Wildman–Crippen MR) is 72.2 cm³/mol. The van der Waals surface area contributed by atoms with Crippen LogP contribution >= 0.6 is 12.2 Å². The SMILES string of the molecule is NC(=S)c1cccnc1NCCOCC1CC1. The minimum absolute atomic E-state index is 0.361. The van der Waals surface area contributed by atoms with Crippen molar-refractivity contribution in [2.24, 2.45) is 11.7 Å². The molecule has 1 aromatic heterocycles. The molecule has 0 radical (unpaired) electrons. The molecule has 0 atom stereocenters. The van der Waals surface area contributed by atoms with E-state index in [1.165, 1.54) is 12.8 Å². The molecule has 1 fully saturated rings. The van der Waals surface area contributed by atoms with Crippen LogP contribution in [0, 0.1) is 5.92 Å². The summed E-state index contributed by atoms with van der Waals surface area (Å²) in [4.78, 5) is 4.57. The van der Waals surface area contributed by atoms with Gasteiger partial charge in [-0.25, -0.2) is 4.98 Å². The Kier molecular flexibility index (Phi) is 4.28. The summed E-state index contributed by atoms with van der Waals surface area (Å²) in [7, 11) is 0. The van der Waals surface area contributed by atoms with Crippen molar-refractivity contribution < 1.29 is 4.74 Å². The Bertz CT molecular complexity index is 393. The van der Waals surface area contributed by atoms with Gasteiger partial charge in [-0.2, -0.15) is 0 Å². The monoisotopic (exact) mass is 251 g/mol. The first-order chi connectivity index (χ1) is 8.27. The average Bonchev–Trinajstić information content (AvgIpc) is 3.13. The van der Waals surface area contributed by atoms with E-state index < -0.39 is 0 Å². The third kappa shape index (κ3) is 3.94. The highest BCUT2D eigenvalue weighted by Gasteiger charge is 2.20. The zero-order valence-electron chi connectivity index (χ0n) is 9.69. The fourth-order valence-corrected chi connectivity index (χ4v) is 1.69. The highest BCUT2D eigenvalue weighted by atomic mass is 32.1. The molecule has 3 N–H and O–H groups in total. The van der Waals surface area contributed by atoms with Crippen molar-refractivity contribution in [1.82, 2.24) is 4.98 Å². The Hall–Kier alpha value is -1.20. The molecule has 1 heterocycles. The molecule has 17 heavy (non-hydrogen) atoms. The van der Waals surface area contributed by atoms with E-state index in [9.17, 15) is 0 Å². The lowest BCUT2D eigenvalue weighted by atomic mass is 10.2. The Morgan fingerprint density at radius 2 is 2.41 bits per heavy atom. The van der Waals surface area contributed by atoms with Gasteiger partial charge in [0, 0.05) is 19.3 Å². The van der Waals surface area contributed by atoms with E-state index in [4.69, 9.17) is 22.7 Å². The Balaban J connectivity index is 1.75. The van der Waals surface area contributed by atoms with E-state index in [1.54, 1.807) is 6.20 Å². The Morgan fingerprint density at radius 1 is 1.59 bits per heavy atom. The standard InChI is InChI=1S/C12H17N3OS/c13-11(17)10-2-1-5-14-12(10)15-6-7-16-8-9-3-4-9/h1-2,5,9H,3-4,6-8H2,(H2,13,17)(H,14,15). The van der Waals surface area contributed by atoms with E-state index in [-0.39, 0.29) is 0 Å². The Labute approximate surface area is 107 Å². The average molecular weight is 251 g/mol. The molecule has 4 nitrogen and oxygen atoms in total. The summed E-state index contributed by atoms with van der Waals surface area (Å²) in [5, 5.41) is 3.19. The van der Waals surface area contributed by atoms with Gasteiger partial charge in [0.05, 0.1) is 12.2 Å². The molecule has 1 saturated carbocycles. The molecule has 0 aliphatic heterocycles. The summed E-state index contributed by atoms with van der Waals surface area (Å²) in [6, 6.07) is 3.69. The van der Waals surface area contributed by atoms with Crippen LogP contribution in [0.1, 0.15) is 18.4 Å². The molecular weight excluding hydrogens is 234 g/mol. The van der Waals surface area contributed by atoms with E-state index >= 15 is 0 Å². The molecule has 0 bridgehead atoms. The summed E-state index contributed by atoms with van der Waals surface area (Å²) in [6.07, 6.45) is 4.35. The number of anilines is 1. The van der Waals surface area contributed by atoms with Crippen molar-refractivity contribution in [2.75, 3.05) is 25.1 Å². The molecule has 0 spiro atoms. The highest BCUT2D eigenvalue weighted by Crippen LogP contribution is 2.28. The van der Waals surface area contributed by atoms with E-state index in [2.05, 4.69) is 10.3 Å². The molecule has 92 valence electrons. The largest absolute Gasteiger partial charge is 0.389 e. The van der Waals surface area contributed by atoms with Gasteiger partial charge < -0.3 is 15.8 Å². The van der Waals surface area contributed by atoms with Crippen molar-refractivity contribution in [3.63, 3.8) is 0 Å². The van der Waals surface area contributed by atoms with Gasteiger partial charge in [0.15, 0.2) is 0 Å². The number of nitrogens with two attached hydrogens (primary N) is 1. The smallest absolute Gasteiger partial charge is 0.136 e. The lowest BCUT2D eigenvalue weighted by Crippen LogP contribution is -2.17. The zero-order chi connectivity index (χ0) is 12.1. The molecule has 0 unspecified atom stereocenters. The number of hydrogen-bond donors (Lipinski definition) is 2. The van der Waals surface area contributed by atoms with Gasteiger partial charge in [0.1, 0.15) is 10.8 Å². The van der Waals surface area contributed by atoms with Crippen molar-refractivity contribution >= 4 is 23.0 Å². The molecule has 0 aromatic carbocycles. The molecular formula is C12H17N3OS. The van der Waals surface area contributed by atoms with Gasteiger partial charge >= 0.3 is 0 Å². The maximum atomic E-state index is 5.61. The summed E-state index contributed by atoms with van der Waals surface area (Å²) in [5.41, 5.74) is 6.40. The predicted octanol–water partition coefficient (Wildman–Crippen LogP) is 1.55. The van der Waals surface area contributed by atoms with Crippen LogP contribution in [0.2, 0.25) is 0 Å². The quantitative estimate of drug-likeness (QED) is 0.569. The maximum absolute atomic E-state index is 5.61. The molecule has 0 amide bonds. The Morgan fingerprint density at radius 3 is 3.12 bits per heavy atom. The number of hydrogen-bond acceptors (Lipinski definition) is 4. The number of pyridine rings is 1. The van der Waals surface area contributed by atoms with Crippen LogP contribution < -0.4 is 11.1 Å². The topological polar surface area (TPSA) is 60.2 Å². The third-order valence-electron chi connectivity index (χ3n) is 2.66. The first-order valence-electron chi connectivity index (χ1n) is 5.84. The second-order valence-corrected chi connectivity index (χ2v) is 4.65. The van der Waals surface area contributed by atoms with Gasteiger partial charge in [0.25, 0.3) is 0 Å². The third-order valence-corrected chi connectivity index (χ3v) is 2.88. The number of thiocarbonyl (C=S) groups is 1. The van der Waals surface area contributed by atoms with Crippen LogP contribution in [0.3, 0.4) is 0 Å². The number of nitrogens with one attached hydrogen (secondary N) is 1. The second-order valence-electron chi connectivity index (χ2n) is 4.21. The second kappa shape index (κ2) is 5.93. The summed E-state index contributed by atoms with van der Waals surface area (Å²) >= 11 is 4.96. The van der Waals surface area contributed by atoms with Crippen LogP contribution in [0.5, 0.6) is 0 Å².